The van der Waals surface area contributed by atoms with Crippen LogP contribution in [0.25, 0.3) is 0 Å². The van der Waals surface area contributed by atoms with Crippen LogP contribution >= 0.6 is 11.8 Å². The second kappa shape index (κ2) is 7.45. The Labute approximate surface area is 123 Å². The molecule has 0 radical (unpaired) electrons. The van der Waals surface area contributed by atoms with Crippen molar-refractivity contribution in [3.63, 3.8) is 0 Å². The number of imidazole rings is 1. The fourth-order valence-corrected chi connectivity index (χ4v) is 2.99. The van der Waals surface area contributed by atoms with Crippen molar-refractivity contribution in [3.8, 4) is 0 Å². The third-order valence-corrected chi connectivity index (χ3v) is 4.20. The van der Waals surface area contributed by atoms with Gasteiger partial charge in [0.2, 0.25) is 0 Å². The van der Waals surface area contributed by atoms with E-state index in [-0.39, 0.29) is 11.9 Å². The quantitative estimate of drug-likeness (QED) is 0.794. The monoisotopic (exact) mass is 293 g/mol. The van der Waals surface area contributed by atoms with E-state index in [0.717, 1.165) is 24.5 Å². The Morgan fingerprint density at radius 1 is 1.40 bits per heavy atom. The highest BCUT2D eigenvalue weighted by Gasteiger charge is 2.16. The average Bonchev–Trinajstić information content (AvgIpc) is 2.87. The van der Waals surface area contributed by atoms with Gasteiger partial charge in [0.15, 0.2) is 0 Å². The van der Waals surface area contributed by atoms with Crippen LogP contribution < -0.4 is 5.32 Å². The third-order valence-electron chi connectivity index (χ3n) is 3.05. The molecule has 1 aromatic carbocycles. The van der Waals surface area contributed by atoms with Crippen LogP contribution in [0, 0.1) is 5.82 Å². The molecule has 0 aliphatic rings. The molecule has 0 spiro atoms. The van der Waals surface area contributed by atoms with Gasteiger partial charge in [-0.15, -0.1) is 11.8 Å². The van der Waals surface area contributed by atoms with Gasteiger partial charge in [-0.05, 0) is 25.1 Å². The maximum Gasteiger partial charge on any atom is 0.136 e. The molecular formula is C15H20FN3S. The fourth-order valence-electron chi connectivity index (χ4n) is 1.99. The van der Waals surface area contributed by atoms with Gasteiger partial charge in [0, 0.05) is 30.1 Å². The molecule has 1 unspecified atom stereocenters. The molecule has 0 fully saturated rings. The molecule has 1 aromatic heterocycles. The standard InChI is InChI=1S/C15H20FN3S/c1-3-8-17-13(15-18-9-10-19(15)2)11-20-14-7-5-4-6-12(14)16/h4-7,9-10,13,17H,3,8,11H2,1-2H3. The molecule has 1 heterocycles. The smallest absolute Gasteiger partial charge is 0.136 e. The summed E-state index contributed by atoms with van der Waals surface area (Å²) in [5.41, 5.74) is 0. The number of halogens is 1. The van der Waals surface area contributed by atoms with E-state index in [1.54, 1.807) is 12.3 Å². The van der Waals surface area contributed by atoms with Crippen LogP contribution in [0.3, 0.4) is 0 Å². The molecular weight excluding hydrogens is 273 g/mol. The lowest BCUT2D eigenvalue weighted by Crippen LogP contribution is -2.26. The molecule has 5 heteroatoms. The van der Waals surface area contributed by atoms with Crippen LogP contribution in [0.2, 0.25) is 0 Å². The lowest BCUT2D eigenvalue weighted by molar-refractivity contribution is 0.534. The zero-order chi connectivity index (χ0) is 14.4. The van der Waals surface area contributed by atoms with E-state index in [1.165, 1.54) is 17.8 Å². The molecule has 3 nitrogen and oxygen atoms in total. The van der Waals surface area contributed by atoms with E-state index >= 15 is 0 Å². The lowest BCUT2D eigenvalue weighted by atomic mass is 10.3. The van der Waals surface area contributed by atoms with Crippen LogP contribution in [-0.2, 0) is 7.05 Å². The summed E-state index contributed by atoms with van der Waals surface area (Å²) < 4.78 is 15.7. The van der Waals surface area contributed by atoms with Gasteiger partial charge in [-0.2, -0.15) is 0 Å². The van der Waals surface area contributed by atoms with Crippen molar-refractivity contribution in [1.82, 2.24) is 14.9 Å². The van der Waals surface area contributed by atoms with Gasteiger partial charge in [0.05, 0.1) is 6.04 Å². The molecule has 2 aromatic rings. The molecule has 0 bridgehead atoms. The average molecular weight is 293 g/mol. The highest BCUT2D eigenvalue weighted by molar-refractivity contribution is 7.99. The molecule has 1 N–H and O–H groups in total. The van der Waals surface area contributed by atoms with E-state index in [0.29, 0.717) is 4.90 Å². The predicted octanol–water partition coefficient (Wildman–Crippen LogP) is 3.39. The fraction of sp³-hybridized carbons (Fsp3) is 0.400. The summed E-state index contributed by atoms with van der Waals surface area (Å²) in [6.07, 6.45) is 4.79. The number of aromatic nitrogens is 2. The minimum atomic E-state index is -0.161. The van der Waals surface area contributed by atoms with Crippen molar-refractivity contribution in [3.05, 3.63) is 48.3 Å². The molecule has 0 aliphatic heterocycles. The predicted molar refractivity (Wildman–Crippen MR) is 81.4 cm³/mol. The minimum absolute atomic E-state index is 0.125. The molecule has 1 atom stereocenters. The summed E-state index contributed by atoms with van der Waals surface area (Å²) in [7, 11) is 1.98. The van der Waals surface area contributed by atoms with E-state index in [2.05, 4.69) is 17.2 Å². The summed E-state index contributed by atoms with van der Waals surface area (Å²) >= 11 is 1.52. The number of aryl methyl sites for hydroxylation is 1. The van der Waals surface area contributed by atoms with Crippen molar-refractivity contribution >= 4 is 11.8 Å². The maximum atomic E-state index is 13.7. The number of nitrogens with zero attached hydrogens (tertiary/aromatic N) is 2. The Kier molecular flexibility index (Phi) is 5.61. The summed E-state index contributed by atoms with van der Waals surface area (Å²) in [6.45, 7) is 3.06. The number of nitrogens with one attached hydrogen (secondary N) is 1. The Hall–Kier alpha value is -1.33. The number of benzene rings is 1. The summed E-state index contributed by atoms with van der Waals surface area (Å²) in [6, 6.07) is 7.01. The molecule has 20 heavy (non-hydrogen) atoms. The summed E-state index contributed by atoms with van der Waals surface area (Å²) in [5.74, 6) is 1.58. The van der Waals surface area contributed by atoms with Gasteiger partial charge < -0.3 is 9.88 Å². The SMILES string of the molecule is CCCNC(CSc1ccccc1F)c1nccn1C. The van der Waals surface area contributed by atoms with Crippen LogP contribution in [0.4, 0.5) is 4.39 Å². The van der Waals surface area contributed by atoms with Crippen molar-refractivity contribution in [2.75, 3.05) is 12.3 Å². The first-order chi connectivity index (χ1) is 9.72. The summed E-state index contributed by atoms with van der Waals surface area (Å²) in [4.78, 5) is 5.08. The minimum Gasteiger partial charge on any atom is -0.337 e. The van der Waals surface area contributed by atoms with Crippen LogP contribution in [0.15, 0.2) is 41.6 Å². The number of hydrogen-bond acceptors (Lipinski definition) is 3. The van der Waals surface area contributed by atoms with Crippen molar-refractivity contribution in [1.29, 1.82) is 0 Å². The second-order valence-corrected chi connectivity index (χ2v) is 5.71. The first kappa shape index (κ1) is 15.1. The van der Waals surface area contributed by atoms with Gasteiger partial charge in [-0.25, -0.2) is 9.37 Å². The highest BCUT2D eigenvalue weighted by Crippen LogP contribution is 2.26. The van der Waals surface area contributed by atoms with Crippen LogP contribution in [0.5, 0.6) is 0 Å². The van der Waals surface area contributed by atoms with Crippen molar-refractivity contribution in [2.45, 2.75) is 24.3 Å². The van der Waals surface area contributed by atoms with E-state index in [9.17, 15) is 4.39 Å². The van der Waals surface area contributed by atoms with Crippen LogP contribution in [-0.4, -0.2) is 21.8 Å². The first-order valence-corrected chi connectivity index (χ1v) is 7.79. The normalized spacial score (nSPS) is 12.6. The molecule has 108 valence electrons. The van der Waals surface area contributed by atoms with Crippen molar-refractivity contribution < 1.29 is 4.39 Å². The van der Waals surface area contributed by atoms with Crippen LogP contribution in [0.1, 0.15) is 25.2 Å². The highest BCUT2D eigenvalue weighted by atomic mass is 32.2. The topological polar surface area (TPSA) is 29.9 Å². The van der Waals surface area contributed by atoms with E-state index in [4.69, 9.17) is 0 Å². The van der Waals surface area contributed by atoms with Gasteiger partial charge in [0.25, 0.3) is 0 Å². The zero-order valence-electron chi connectivity index (χ0n) is 11.8. The Morgan fingerprint density at radius 2 is 2.20 bits per heavy atom. The zero-order valence-corrected chi connectivity index (χ0v) is 12.7. The number of rotatable bonds is 7. The number of hydrogen-bond donors (Lipinski definition) is 1. The van der Waals surface area contributed by atoms with Crippen molar-refractivity contribution in [2.24, 2.45) is 7.05 Å². The molecule has 0 saturated heterocycles. The molecule has 2 rings (SSSR count). The van der Waals surface area contributed by atoms with Gasteiger partial charge >= 0.3 is 0 Å². The largest absolute Gasteiger partial charge is 0.337 e. The van der Waals surface area contributed by atoms with Gasteiger partial charge in [0.1, 0.15) is 11.6 Å². The van der Waals surface area contributed by atoms with E-state index < -0.39 is 0 Å². The van der Waals surface area contributed by atoms with Gasteiger partial charge in [-0.1, -0.05) is 19.1 Å². The second-order valence-electron chi connectivity index (χ2n) is 4.64. The maximum absolute atomic E-state index is 13.7. The lowest BCUT2D eigenvalue weighted by Gasteiger charge is -2.18. The Balaban J connectivity index is 2.05. The molecule has 0 amide bonds. The Bertz CT molecular complexity index is 541. The molecule has 0 saturated carbocycles. The third kappa shape index (κ3) is 3.84. The Morgan fingerprint density at radius 3 is 2.85 bits per heavy atom. The van der Waals surface area contributed by atoms with E-state index in [1.807, 2.05) is 29.9 Å². The number of thioether (sulfide) groups is 1. The first-order valence-electron chi connectivity index (χ1n) is 6.80. The van der Waals surface area contributed by atoms with Gasteiger partial charge in [-0.3, -0.25) is 0 Å². The summed E-state index contributed by atoms with van der Waals surface area (Å²) in [5, 5.41) is 3.48. The molecule has 0 aliphatic carbocycles.